The van der Waals surface area contributed by atoms with Crippen LogP contribution in [-0.2, 0) is 6.42 Å². The number of carbonyl (C=O) groups is 2. The molecule has 2 aromatic heterocycles. The van der Waals surface area contributed by atoms with Crippen LogP contribution < -0.4 is 20.4 Å². The second-order valence-corrected chi connectivity index (χ2v) is 11.2. The van der Waals surface area contributed by atoms with Crippen molar-refractivity contribution in [2.45, 2.75) is 13.3 Å². The summed E-state index contributed by atoms with van der Waals surface area (Å²) in [6, 6.07) is 24.1. The van der Waals surface area contributed by atoms with Gasteiger partial charge in [0.25, 0.3) is 11.8 Å². The van der Waals surface area contributed by atoms with Crippen LogP contribution in [0.4, 0.5) is 16.5 Å². The molecule has 8 nitrogen and oxygen atoms in total. The van der Waals surface area contributed by atoms with Gasteiger partial charge in [0, 0.05) is 51.2 Å². The van der Waals surface area contributed by atoms with Crippen molar-refractivity contribution < 1.29 is 9.59 Å². The Labute approximate surface area is 244 Å². The van der Waals surface area contributed by atoms with E-state index in [-0.39, 0.29) is 17.5 Å². The zero-order valence-electron chi connectivity index (χ0n) is 23.9. The van der Waals surface area contributed by atoms with Gasteiger partial charge in [-0.3, -0.25) is 14.9 Å². The minimum absolute atomic E-state index is 0.270. The number of benzene rings is 3. The molecule has 0 atom stereocenters. The topological polar surface area (TPSA) is 82.5 Å². The van der Waals surface area contributed by atoms with Gasteiger partial charge in [0.15, 0.2) is 5.13 Å². The molecule has 9 heteroatoms. The Morgan fingerprint density at radius 1 is 0.878 bits per heavy atom. The smallest absolute Gasteiger partial charge is 0.274 e. The average Bonchev–Trinajstić information content (AvgIpc) is 3.58. The number of nitrogens with zero attached hydrogens (tertiary/aromatic N) is 4. The van der Waals surface area contributed by atoms with Gasteiger partial charge in [0.2, 0.25) is 0 Å². The van der Waals surface area contributed by atoms with Crippen molar-refractivity contribution in [1.82, 2.24) is 14.9 Å². The molecule has 0 aliphatic carbocycles. The predicted octanol–water partition coefficient (Wildman–Crippen LogP) is 5.75. The molecule has 5 aromatic rings. The van der Waals surface area contributed by atoms with Gasteiger partial charge in [-0.15, -0.1) is 11.3 Å². The first-order valence-corrected chi connectivity index (χ1v) is 14.3. The fourth-order valence-corrected chi connectivity index (χ4v) is 5.55. The lowest BCUT2D eigenvalue weighted by atomic mass is 10.1. The number of hydrogen-bond donors (Lipinski definition) is 2. The molecule has 0 saturated carbocycles. The molecular formula is C32H34N6O2S. The lowest BCUT2D eigenvalue weighted by molar-refractivity contribution is 0.0948. The van der Waals surface area contributed by atoms with E-state index in [4.69, 9.17) is 0 Å². The molecule has 0 aliphatic rings. The van der Waals surface area contributed by atoms with Crippen LogP contribution in [0.25, 0.3) is 16.6 Å². The first-order chi connectivity index (χ1) is 19.7. The molecule has 3 aromatic carbocycles. The number of rotatable bonds is 9. The van der Waals surface area contributed by atoms with E-state index in [1.165, 1.54) is 11.3 Å². The number of amides is 2. The summed E-state index contributed by atoms with van der Waals surface area (Å²) in [4.78, 5) is 34.9. The second kappa shape index (κ2) is 11.9. The molecule has 0 saturated heterocycles. The Hall–Kier alpha value is -4.63. The van der Waals surface area contributed by atoms with E-state index in [2.05, 4.69) is 43.6 Å². The van der Waals surface area contributed by atoms with Crippen LogP contribution >= 0.6 is 11.3 Å². The SMILES string of the molecule is Cc1ccccc1-n1c(C(=O)Nc2nc(C(=O)NCCc3ccc(N(C)C)c(N(C)C)c3)cs2)cc2ccccc21. The molecule has 0 bridgehead atoms. The second-order valence-electron chi connectivity index (χ2n) is 10.3. The highest BCUT2D eigenvalue weighted by molar-refractivity contribution is 7.14. The highest BCUT2D eigenvalue weighted by Gasteiger charge is 2.20. The van der Waals surface area contributed by atoms with Crippen LogP contribution in [0, 0.1) is 6.92 Å². The summed E-state index contributed by atoms with van der Waals surface area (Å²) in [6.07, 6.45) is 0.692. The number of carbonyl (C=O) groups excluding carboxylic acids is 2. The largest absolute Gasteiger partial charge is 0.376 e. The van der Waals surface area contributed by atoms with Crippen molar-refractivity contribution in [2.75, 3.05) is 49.9 Å². The maximum absolute atomic E-state index is 13.5. The fraction of sp³-hybridized carbons (Fsp3) is 0.219. The summed E-state index contributed by atoms with van der Waals surface area (Å²) in [5.74, 6) is -0.558. The van der Waals surface area contributed by atoms with Crippen molar-refractivity contribution in [3.05, 3.63) is 101 Å². The highest BCUT2D eigenvalue weighted by Crippen LogP contribution is 2.29. The molecule has 210 valence electrons. The van der Waals surface area contributed by atoms with Crippen molar-refractivity contribution in [2.24, 2.45) is 0 Å². The standard InChI is InChI=1S/C32H34N6O2S/c1-21-10-6-8-12-25(21)38-26-13-9-7-11-23(26)19-29(38)31(40)35-32-34-24(20-41-32)30(39)33-17-16-22-14-15-27(36(2)3)28(18-22)37(4)5/h6-15,18-20H,16-17H2,1-5H3,(H,33,39)(H,34,35,40). The van der Waals surface area contributed by atoms with Crippen LogP contribution in [0.2, 0.25) is 0 Å². The van der Waals surface area contributed by atoms with E-state index in [1.807, 2.05) is 94.3 Å². The molecule has 41 heavy (non-hydrogen) atoms. The molecule has 2 heterocycles. The number of nitrogens with one attached hydrogen (secondary N) is 2. The molecule has 0 unspecified atom stereocenters. The average molecular weight is 567 g/mol. The van der Waals surface area contributed by atoms with E-state index in [0.29, 0.717) is 23.8 Å². The number of aromatic nitrogens is 2. The third-order valence-corrected chi connectivity index (χ3v) is 7.72. The van der Waals surface area contributed by atoms with Gasteiger partial charge >= 0.3 is 0 Å². The number of thiazole rings is 1. The Morgan fingerprint density at radius 3 is 2.37 bits per heavy atom. The number of para-hydroxylation sites is 2. The monoisotopic (exact) mass is 566 g/mol. The maximum atomic E-state index is 13.5. The molecule has 0 aliphatic heterocycles. The summed E-state index contributed by atoms with van der Waals surface area (Å²) in [7, 11) is 8.09. The summed E-state index contributed by atoms with van der Waals surface area (Å²) in [6.45, 7) is 2.50. The van der Waals surface area contributed by atoms with Crippen molar-refractivity contribution in [3.63, 3.8) is 0 Å². The van der Waals surface area contributed by atoms with Crippen molar-refractivity contribution in [3.8, 4) is 5.69 Å². The quantitative estimate of drug-likeness (QED) is 0.237. The zero-order valence-corrected chi connectivity index (χ0v) is 24.7. The Kier molecular flexibility index (Phi) is 8.07. The molecule has 0 fully saturated rings. The van der Waals surface area contributed by atoms with Gasteiger partial charge in [-0.05, 0) is 54.8 Å². The number of hydrogen-bond acceptors (Lipinski definition) is 6. The summed E-state index contributed by atoms with van der Waals surface area (Å²) in [5.41, 5.74) is 7.12. The van der Waals surface area contributed by atoms with Gasteiger partial charge in [-0.25, -0.2) is 4.98 Å². The van der Waals surface area contributed by atoms with Crippen LogP contribution in [-0.4, -0.2) is 56.1 Å². The number of fused-ring (bicyclic) bond motifs is 1. The van der Waals surface area contributed by atoms with Crippen LogP contribution in [0.5, 0.6) is 0 Å². The predicted molar refractivity (Wildman–Crippen MR) is 169 cm³/mol. The van der Waals surface area contributed by atoms with E-state index in [0.717, 1.165) is 39.1 Å². The first-order valence-electron chi connectivity index (χ1n) is 13.4. The summed E-state index contributed by atoms with van der Waals surface area (Å²) < 4.78 is 1.97. The number of anilines is 3. The Bertz CT molecular complexity index is 1720. The van der Waals surface area contributed by atoms with Crippen molar-refractivity contribution in [1.29, 1.82) is 0 Å². The molecule has 5 rings (SSSR count). The zero-order chi connectivity index (χ0) is 29.1. The van der Waals surface area contributed by atoms with Crippen LogP contribution in [0.1, 0.15) is 32.1 Å². The maximum Gasteiger partial charge on any atom is 0.274 e. The van der Waals surface area contributed by atoms with Crippen molar-refractivity contribution >= 4 is 50.6 Å². The molecule has 2 amide bonds. The highest BCUT2D eigenvalue weighted by atomic mass is 32.1. The van der Waals surface area contributed by atoms with E-state index in [9.17, 15) is 9.59 Å². The summed E-state index contributed by atoms with van der Waals surface area (Å²) in [5, 5.41) is 8.85. The third kappa shape index (κ3) is 5.95. The van der Waals surface area contributed by atoms with Gasteiger partial charge < -0.3 is 19.7 Å². The normalized spacial score (nSPS) is 11.0. The Balaban J connectivity index is 1.27. The third-order valence-electron chi connectivity index (χ3n) is 6.96. The van der Waals surface area contributed by atoms with Gasteiger partial charge in [-0.1, -0.05) is 42.5 Å². The van der Waals surface area contributed by atoms with Crippen LogP contribution in [0.3, 0.4) is 0 Å². The fourth-order valence-electron chi connectivity index (χ4n) is 4.86. The Morgan fingerprint density at radius 2 is 1.61 bits per heavy atom. The molecule has 0 spiro atoms. The van der Waals surface area contributed by atoms with E-state index >= 15 is 0 Å². The number of aryl methyl sites for hydroxylation is 1. The molecular weight excluding hydrogens is 532 g/mol. The lowest BCUT2D eigenvalue weighted by Gasteiger charge is -2.23. The molecule has 0 radical (unpaired) electrons. The molecule has 2 N–H and O–H groups in total. The minimum Gasteiger partial charge on any atom is -0.376 e. The van der Waals surface area contributed by atoms with E-state index < -0.39 is 0 Å². The van der Waals surface area contributed by atoms with Crippen LogP contribution in [0.15, 0.2) is 78.2 Å². The first kappa shape index (κ1) is 27.9. The van der Waals surface area contributed by atoms with E-state index in [1.54, 1.807) is 5.38 Å². The van der Waals surface area contributed by atoms with Gasteiger partial charge in [-0.2, -0.15) is 0 Å². The minimum atomic E-state index is -0.288. The summed E-state index contributed by atoms with van der Waals surface area (Å²) >= 11 is 1.23. The van der Waals surface area contributed by atoms with Gasteiger partial charge in [0.1, 0.15) is 11.4 Å². The van der Waals surface area contributed by atoms with Gasteiger partial charge in [0.05, 0.1) is 16.9 Å². The lowest BCUT2D eigenvalue weighted by Crippen LogP contribution is -2.26.